The molecule has 0 unspecified atom stereocenters. The molecule has 3 rings (SSSR count). The predicted molar refractivity (Wildman–Crippen MR) is 80.4 cm³/mol. The van der Waals surface area contributed by atoms with E-state index in [1.54, 1.807) is 4.52 Å². The van der Waals surface area contributed by atoms with E-state index in [-0.39, 0.29) is 0 Å². The third-order valence-electron chi connectivity index (χ3n) is 3.64. The Kier molecular flexibility index (Phi) is 2.91. The summed E-state index contributed by atoms with van der Waals surface area (Å²) in [4.78, 5) is 4.56. The number of aryl methyl sites for hydroxylation is 2. The summed E-state index contributed by atoms with van der Waals surface area (Å²) in [6.07, 6.45) is 0. The van der Waals surface area contributed by atoms with Crippen molar-refractivity contribution < 1.29 is 0 Å². The van der Waals surface area contributed by atoms with Crippen LogP contribution in [0, 0.1) is 20.8 Å². The minimum atomic E-state index is 0.771. The van der Waals surface area contributed by atoms with Crippen molar-refractivity contribution in [1.29, 1.82) is 0 Å². The smallest absolute Gasteiger partial charge is 0.158 e. The monoisotopic (exact) mass is 267 g/mol. The van der Waals surface area contributed by atoms with Gasteiger partial charge in [-0.15, -0.1) is 0 Å². The van der Waals surface area contributed by atoms with Crippen molar-refractivity contribution in [2.75, 3.05) is 5.43 Å². The molecule has 0 saturated heterocycles. The fourth-order valence-electron chi connectivity index (χ4n) is 2.36. The molecule has 2 aromatic heterocycles. The Hall–Kier alpha value is -2.40. The van der Waals surface area contributed by atoms with Gasteiger partial charge in [-0.1, -0.05) is 24.3 Å². The molecular weight excluding hydrogens is 250 g/mol. The highest BCUT2D eigenvalue weighted by Crippen LogP contribution is 2.25. The second kappa shape index (κ2) is 4.61. The van der Waals surface area contributed by atoms with Gasteiger partial charge in [0.1, 0.15) is 5.82 Å². The topological polar surface area (TPSA) is 68.2 Å². The van der Waals surface area contributed by atoms with Crippen molar-refractivity contribution in [3.63, 3.8) is 0 Å². The van der Waals surface area contributed by atoms with Crippen LogP contribution in [-0.4, -0.2) is 14.6 Å². The fourth-order valence-corrected chi connectivity index (χ4v) is 2.36. The second-order valence-corrected chi connectivity index (χ2v) is 4.93. The molecule has 0 radical (unpaired) electrons. The van der Waals surface area contributed by atoms with Gasteiger partial charge in [0, 0.05) is 22.9 Å². The zero-order valence-corrected chi connectivity index (χ0v) is 11.8. The first kappa shape index (κ1) is 12.6. The van der Waals surface area contributed by atoms with E-state index in [9.17, 15) is 0 Å². The van der Waals surface area contributed by atoms with E-state index < -0.39 is 0 Å². The SMILES string of the molecule is Cc1ccccc1-c1cc2nc(C)c(C)c(NN)n2n1. The Balaban J connectivity index is 2.29. The molecule has 2 heterocycles. The average molecular weight is 267 g/mol. The number of benzene rings is 1. The maximum atomic E-state index is 5.62. The van der Waals surface area contributed by atoms with Gasteiger partial charge in [0.25, 0.3) is 0 Å². The van der Waals surface area contributed by atoms with Gasteiger partial charge in [-0.25, -0.2) is 10.8 Å². The highest BCUT2D eigenvalue weighted by molar-refractivity contribution is 5.69. The van der Waals surface area contributed by atoms with E-state index >= 15 is 0 Å². The first-order valence-electron chi connectivity index (χ1n) is 6.51. The number of rotatable bonds is 2. The summed E-state index contributed by atoms with van der Waals surface area (Å²) >= 11 is 0. The van der Waals surface area contributed by atoms with E-state index in [2.05, 4.69) is 34.6 Å². The van der Waals surface area contributed by atoms with Crippen molar-refractivity contribution >= 4 is 11.5 Å². The van der Waals surface area contributed by atoms with Crippen molar-refractivity contribution in [3.8, 4) is 11.3 Å². The minimum absolute atomic E-state index is 0.771. The van der Waals surface area contributed by atoms with Crippen LogP contribution in [-0.2, 0) is 0 Å². The summed E-state index contributed by atoms with van der Waals surface area (Å²) in [6, 6.07) is 10.2. The largest absolute Gasteiger partial charge is 0.308 e. The number of fused-ring (bicyclic) bond motifs is 1. The van der Waals surface area contributed by atoms with Crippen molar-refractivity contribution in [3.05, 3.63) is 47.2 Å². The molecule has 0 saturated carbocycles. The highest BCUT2D eigenvalue weighted by Gasteiger charge is 2.13. The quantitative estimate of drug-likeness (QED) is 0.553. The van der Waals surface area contributed by atoms with Crippen molar-refractivity contribution in [1.82, 2.24) is 14.6 Å². The van der Waals surface area contributed by atoms with Crippen LogP contribution in [0.5, 0.6) is 0 Å². The second-order valence-electron chi connectivity index (χ2n) is 4.93. The summed E-state index contributed by atoms with van der Waals surface area (Å²) in [6.45, 7) is 6.02. The van der Waals surface area contributed by atoms with Gasteiger partial charge in [0.05, 0.1) is 5.69 Å². The lowest BCUT2D eigenvalue weighted by atomic mass is 10.1. The van der Waals surface area contributed by atoms with Gasteiger partial charge in [-0.05, 0) is 26.3 Å². The van der Waals surface area contributed by atoms with Gasteiger partial charge in [-0.3, -0.25) is 0 Å². The third kappa shape index (κ3) is 1.83. The maximum Gasteiger partial charge on any atom is 0.158 e. The average Bonchev–Trinajstić information content (AvgIpc) is 2.84. The van der Waals surface area contributed by atoms with E-state index in [4.69, 9.17) is 5.84 Å². The summed E-state index contributed by atoms with van der Waals surface area (Å²) in [7, 11) is 0. The Morgan fingerprint density at radius 1 is 1.15 bits per heavy atom. The molecule has 0 spiro atoms. The fraction of sp³-hybridized carbons (Fsp3) is 0.200. The molecule has 0 aliphatic rings. The minimum Gasteiger partial charge on any atom is -0.308 e. The normalized spacial score (nSPS) is 11.0. The van der Waals surface area contributed by atoms with Crippen LogP contribution in [0.25, 0.3) is 16.9 Å². The van der Waals surface area contributed by atoms with E-state index in [1.807, 2.05) is 32.0 Å². The van der Waals surface area contributed by atoms with Crippen LogP contribution in [0.4, 0.5) is 5.82 Å². The molecule has 5 nitrogen and oxygen atoms in total. The number of aromatic nitrogens is 3. The summed E-state index contributed by atoms with van der Waals surface area (Å²) < 4.78 is 1.75. The zero-order valence-electron chi connectivity index (χ0n) is 11.8. The number of hydrogen-bond acceptors (Lipinski definition) is 4. The van der Waals surface area contributed by atoms with Crippen molar-refractivity contribution in [2.24, 2.45) is 5.84 Å². The summed E-state index contributed by atoms with van der Waals surface area (Å²) in [5.74, 6) is 6.40. The van der Waals surface area contributed by atoms with Crippen LogP contribution in [0.2, 0.25) is 0 Å². The lowest BCUT2D eigenvalue weighted by Crippen LogP contribution is -2.14. The maximum absolute atomic E-state index is 5.62. The molecule has 0 aliphatic heterocycles. The molecule has 0 fully saturated rings. The van der Waals surface area contributed by atoms with Gasteiger partial charge < -0.3 is 5.43 Å². The number of hydrazine groups is 1. The molecule has 5 heteroatoms. The van der Waals surface area contributed by atoms with Gasteiger partial charge in [0.2, 0.25) is 0 Å². The standard InChI is InChI=1S/C15H17N5/c1-9-6-4-5-7-12(9)13-8-14-17-11(3)10(2)15(18-16)20(14)19-13/h4-8,18H,16H2,1-3H3. The molecule has 20 heavy (non-hydrogen) atoms. The molecule has 0 bridgehead atoms. The number of nitrogens with zero attached hydrogens (tertiary/aromatic N) is 3. The predicted octanol–water partition coefficient (Wildman–Crippen LogP) is 2.61. The highest BCUT2D eigenvalue weighted by atomic mass is 15.4. The van der Waals surface area contributed by atoms with Crippen molar-refractivity contribution in [2.45, 2.75) is 20.8 Å². The zero-order chi connectivity index (χ0) is 14.3. The lowest BCUT2D eigenvalue weighted by molar-refractivity contribution is 0.916. The number of anilines is 1. The Morgan fingerprint density at radius 3 is 2.60 bits per heavy atom. The first-order valence-corrected chi connectivity index (χ1v) is 6.51. The third-order valence-corrected chi connectivity index (χ3v) is 3.64. The Bertz CT molecular complexity index is 788. The molecular formula is C15H17N5. The summed E-state index contributed by atoms with van der Waals surface area (Å²) in [5, 5.41) is 4.63. The van der Waals surface area contributed by atoms with Gasteiger partial charge in [-0.2, -0.15) is 9.61 Å². The molecule has 0 amide bonds. The number of nitrogens with one attached hydrogen (secondary N) is 1. The van der Waals surface area contributed by atoms with Gasteiger partial charge >= 0.3 is 0 Å². The molecule has 3 N–H and O–H groups in total. The number of hydrogen-bond donors (Lipinski definition) is 2. The molecule has 0 aliphatic carbocycles. The molecule has 0 atom stereocenters. The van der Waals surface area contributed by atoms with Gasteiger partial charge in [0.15, 0.2) is 5.65 Å². The van der Waals surface area contributed by atoms with Crippen LogP contribution < -0.4 is 11.3 Å². The Morgan fingerprint density at radius 2 is 1.90 bits per heavy atom. The molecule has 102 valence electrons. The van der Waals surface area contributed by atoms with Crippen LogP contribution in [0.15, 0.2) is 30.3 Å². The van der Waals surface area contributed by atoms with Crippen LogP contribution in [0.3, 0.4) is 0 Å². The number of nitrogen functional groups attached to an aromatic ring is 1. The van der Waals surface area contributed by atoms with Crippen LogP contribution in [0.1, 0.15) is 16.8 Å². The van der Waals surface area contributed by atoms with E-state index in [0.29, 0.717) is 0 Å². The van der Waals surface area contributed by atoms with E-state index in [0.717, 1.165) is 34.0 Å². The molecule has 1 aromatic carbocycles. The van der Waals surface area contributed by atoms with Crippen LogP contribution >= 0.6 is 0 Å². The van der Waals surface area contributed by atoms with E-state index in [1.165, 1.54) is 5.56 Å². The first-order chi connectivity index (χ1) is 9.61. The Labute approximate surface area is 117 Å². The lowest BCUT2D eigenvalue weighted by Gasteiger charge is -2.09. The molecule has 3 aromatic rings. The number of nitrogens with two attached hydrogens (primary N) is 1. The summed E-state index contributed by atoms with van der Waals surface area (Å²) in [5.41, 5.74) is 8.65.